The molecule has 7 nitrogen and oxygen atoms in total. The SMILES string of the molecule is CCC(NC(=O)Cn1nc(C)c(N)c1C)c1ncc[nH]1. The number of rotatable bonds is 5. The Labute approximate surface area is 117 Å². The maximum absolute atomic E-state index is 12.1. The number of H-pyrrole nitrogens is 1. The zero-order valence-electron chi connectivity index (χ0n) is 12.0. The molecular weight excluding hydrogens is 256 g/mol. The number of nitrogen functional groups attached to an aromatic ring is 1. The van der Waals surface area contributed by atoms with E-state index in [1.165, 1.54) is 0 Å². The Kier molecular flexibility index (Phi) is 4.07. The average Bonchev–Trinajstić information content (AvgIpc) is 3.02. The van der Waals surface area contributed by atoms with Crippen LogP contribution in [0.3, 0.4) is 0 Å². The molecule has 0 aliphatic rings. The van der Waals surface area contributed by atoms with Crippen molar-refractivity contribution in [1.29, 1.82) is 0 Å². The molecule has 0 radical (unpaired) electrons. The third kappa shape index (κ3) is 2.81. The van der Waals surface area contributed by atoms with E-state index in [-0.39, 0.29) is 18.5 Å². The first-order chi connectivity index (χ1) is 9.52. The zero-order valence-corrected chi connectivity index (χ0v) is 12.0. The molecule has 0 spiro atoms. The van der Waals surface area contributed by atoms with Crippen molar-refractivity contribution in [3.63, 3.8) is 0 Å². The second kappa shape index (κ2) is 5.77. The minimum atomic E-state index is -0.119. The molecule has 0 aliphatic carbocycles. The van der Waals surface area contributed by atoms with E-state index >= 15 is 0 Å². The van der Waals surface area contributed by atoms with Crippen LogP contribution in [0.25, 0.3) is 0 Å². The summed E-state index contributed by atoms with van der Waals surface area (Å²) in [6, 6.07) is -0.119. The Morgan fingerprint density at radius 3 is 2.80 bits per heavy atom. The average molecular weight is 276 g/mol. The highest BCUT2D eigenvalue weighted by Gasteiger charge is 2.16. The minimum Gasteiger partial charge on any atom is -0.396 e. The molecule has 7 heteroatoms. The molecule has 0 saturated carbocycles. The van der Waals surface area contributed by atoms with Gasteiger partial charge in [0.25, 0.3) is 0 Å². The van der Waals surface area contributed by atoms with Gasteiger partial charge in [-0.3, -0.25) is 9.48 Å². The number of nitrogens with one attached hydrogen (secondary N) is 2. The number of carbonyl (C=O) groups is 1. The third-order valence-corrected chi connectivity index (χ3v) is 3.32. The van der Waals surface area contributed by atoms with Crippen LogP contribution in [0.2, 0.25) is 0 Å². The minimum absolute atomic E-state index is 0.112. The van der Waals surface area contributed by atoms with Gasteiger partial charge in [-0.15, -0.1) is 0 Å². The number of carbonyl (C=O) groups excluding carboxylic acids is 1. The fraction of sp³-hybridized carbons (Fsp3) is 0.462. The molecule has 20 heavy (non-hydrogen) atoms. The summed E-state index contributed by atoms with van der Waals surface area (Å²) in [5, 5.41) is 7.19. The summed E-state index contributed by atoms with van der Waals surface area (Å²) in [6.45, 7) is 5.83. The lowest BCUT2D eigenvalue weighted by Gasteiger charge is -2.15. The van der Waals surface area contributed by atoms with Gasteiger partial charge in [0.05, 0.1) is 23.1 Å². The summed E-state index contributed by atoms with van der Waals surface area (Å²) < 4.78 is 1.62. The van der Waals surface area contributed by atoms with Gasteiger partial charge in [-0.1, -0.05) is 6.92 Å². The molecule has 0 aliphatic heterocycles. The zero-order chi connectivity index (χ0) is 14.7. The van der Waals surface area contributed by atoms with Gasteiger partial charge in [0.2, 0.25) is 5.91 Å². The lowest BCUT2D eigenvalue weighted by molar-refractivity contribution is -0.122. The van der Waals surface area contributed by atoms with Crippen molar-refractivity contribution in [2.75, 3.05) is 5.73 Å². The largest absolute Gasteiger partial charge is 0.396 e. The Bertz CT molecular complexity index is 586. The van der Waals surface area contributed by atoms with E-state index < -0.39 is 0 Å². The van der Waals surface area contributed by atoms with Gasteiger partial charge in [0, 0.05) is 12.4 Å². The number of anilines is 1. The summed E-state index contributed by atoms with van der Waals surface area (Å²) in [5.41, 5.74) is 8.04. The number of imidazole rings is 1. The fourth-order valence-electron chi connectivity index (χ4n) is 2.07. The van der Waals surface area contributed by atoms with Crippen molar-refractivity contribution in [3.8, 4) is 0 Å². The molecule has 1 unspecified atom stereocenters. The Balaban J connectivity index is 2.03. The van der Waals surface area contributed by atoms with E-state index in [0.29, 0.717) is 5.69 Å². The molecule has 0 bridgehead atoms. The Hall–Kier alpha value is -2.31. The Morgan fingerprint density at radius 1 is 1.55 bits per heavy atom. The molecule has 2 heterocycles. The second-order valence-corrected chi connectivity index (χ2v) is 4.74. The predicted octanol–water partition coefficient (Wildman–Crippen LogP) is 1.07. The maximum Gasteiger partial charge on any atom is 0.242 e. The lowest BCUT2D eigenvalue weighted by Crippen LogP contribution is -2.32. The van der Waals surface area contributed by atoms with Gasteiger partial charge < -0.3 is 16.0 Å². The molecule has 0 saturated heterocycles. The lowest BCUT2D eigenvalue weighted by atomic mass is 10.2. The Morgan fingerprint density at radius 2 is 2.30 bits per heavy atom. The van der Waals surface area contributed by atoms with Crippen molar-refractivity contribution in [2.45, 2.75) is 39.8 Å². The van der Waals surface area contributed by atoms with Gasteiger partial charge in [-0.05, 0) is 20.3 Å². The number of hydrogen-bond donors (Lipinski definition) is 3. The molecule has 1 atom stereocenters. The summed E-state index contributed by atoms with van der Waals surface area (Å²) in [6.07, 6.45) is 4.18. The van der Waals surface area contributed by atoms with Crippen molar-refractivity contribution in [2.24, 2.45) is 0 Å². The van der Waals surface area contributed by atoms with E-state index in [9.17, 15) is 4.79 Å². The number of nitrogens with two attached hydrogens (primary N) is 1. The van der Waals surface area contributed by atoms with Crippen molar-refractivity contribution in [1.82, 2.24) is 25.1 Å². The highest BCUT2D eigenvalue weighted by molar-refractivity contribution is 5.76. The summed E-state index contributed by atoms with van der Waals surface area (Å²) in [5.74, 6) is 0.646. The van der Waals surface area contributed by atoms with E-state index in [4.69, 9.17) is 5.73 Å². The molecule has 0 aromatic carbocycles. The number of hydrogen-bond acceptors (Lipinski definition) is 4. The number of amides is 1. The van der Waals surface area contributed by atoms with Crippen molar-refractivity contribution < 1.29 is 4.79 Å². The monoisotopic (exact) mass is 276 g/mol. The quantitative estimate of drug-likeness (QED) is 0.760. The van der Waals surface area contributed by atoms with E-state index in [0.717, 1.165) is 23.6 Å². The molecule has 4 N–H and O–H groups in total. The van der Waals surface area contributed by atoms with E-state index in [1.807, 2.05) is 20.8 Å². The van der Waals surface area contributed by atoms with E-state index in [1.54, 1.807) is 17.1 Å². The smallest absolute Gasteiger partial charge is 0.242 e. The standard InChI is InChI=1S/C13H20N6O/c1-4-10(13-15-5-6-16-13)17-11(20)7-19-9(3)12(14)8(2)18-19/h5-6,10H,4,7,14H2,1-3H3,(H,15,16)(H,17,20). The molecule has 2 aromatic heterocycles. The van der Waals surface area contributed by atoms with Crippen LogP contribution >= 0.6 is 0 Å². The molecule has 108 valence electrons. The fourth-order valence-corrected chi connectivity index (χ4v) is 2.07. The molecule has 2 aromatic rings. The molecule has 0 fully saturated rings. The van der Waals surface area contributed by atoms with Crippen LogP contribution in [0, 0.1) is 13.8 Å². The van der Waals surface area contributed by atoms with Crippen LogP contribution in [0.15, 0.2) is 12.4 Å². The van der Waals surface area contributed by atoms with E-state index in [2.05, 4.69) is 20.4 Å². The molecule has 2 rings (SSSR count). The third-order valence-electron chi connectivity index (χ3n) is 3.32. The van der Waals surface area contributed by atoms with Gasteiger partial charge >= 0.3 is 0 Å². The van der Waals surface area contributed by atoms with Crippen LogP contribution < -0.4 is 11.1 Å². The van der Waals surface area contributed by atoms with Gasteiger partial charge in [0.1, 0.15) is 12.4 Å². The summed E-state index contributed by atoms with van der Waals surface area (Å²) in [4.78, 5) is 19.3. The number of aromatic amines is 1. The first kappa shape index (κ1) is 14.1. The molecular formula is C13H20N6O. The van der Waals surface area contributed by atoms with Crippen LogP contribution in [-0.2, 0) is 11.3 Å². The first-order valence-electron chi connectivity index (χ1n) is 6.61. The topological polar surface area (TPSA) is 102 Å². The number of aryl methyl sites for hydroxylation is 1. The first-order valence-corrected chi connectivity index (χ1v) is 6.61. The second-order valence-electron chi connectivity index (χ2n) is 4.74. The highest BCUT2D eigenvalue weighted by Crippen LogP contribution is 2.15. The molecule has 1 amide bonds. The number of nitrogens with zero attached hydrogens (tertiary/aromatic N) is 3. The maximum atomic E-state index is 12.1. The summed E-state index contributed by atoms with van der Waals surface area (Å²) in [7, 11) is 0. The normalized spacial score (nSPS) is 12.3. The number of aromatic nitrogens is 4. The van der Waals surface area contributed by atoms with Crippen LogP contribution in [-0.4, -0.2) is 25.7 Å². The summed E-state index contributed by atoms with van der Waals surface area (Å²) >= 11 is 0. The van der Waals surface area contributed by atoms with Crippen molar-refractivity contribution >= 4 is 11.6 Å². The van der Waals surface area contributed by atoms with Crippen LogP contribution in [0.1, 0.15) is 36.6 Å². The van der Waals surface area contributed by atoms with Gasteiger partial charge in [0.15, 0.2) is 0 Å². The predicted molar refractivity (Wildman–Crippen MR) is 75.9 cm³/mol. The van der Waals surface area contributed by atoms with Gasteiger partial charge in [-0.25, -0.2) is 4.98 Å². The highest BCUT2D eigenvalue weighted by atomic mass is 16.2. The van der Waals surface area contributed by atoms with Crippen LogP contribution in [0.5, 0.6) is 0 Å². The van der Waals surface area contributed by atoms with Gasteiger partial charge in [-0.2, -0.15) is 5.10 Å². The van der Waals surface area contributed by atoms with Crippen LogP contribution in [0.4, 0.5) is 5.69 Å². The van der Waals surface area contributed by atoms with Crippen molar-refractivity contribution in [3.05, 3.63) is 29.6 Å².